The van der Waals surface area contributed by atoms with Crippen molar-refractivity contribution in [1.29, 1.82) is 0 Å². The minimum absolute atomic E-state index is 0.674. The first-order valence-electron chi connectivity index (χ1n) is 3.99. The molecule has 68 valence electrons. The van der Waals surface area contributed by atoms with Crippen LogP contribution in [0.4, 0.5) is 5.82 Å². The Morgan fingerprint density at radius 2 is 2.54 bits per heavy atom. The summed E-state index contributed by atoms with van der Waals surface area (Å²) < 4.78 is 4.67. The van der Waals surface area contributed by atoms with E-state index in [1.165, 1.54) is 6.26 Å². The third-order valence-corrected chi connectivity index (χ3v) is 1.65. The predicted octanol–water partition coefficient (Wildman–Crippen LogP) is 1.32. The fourth-order valence-electron chi connectivity index (χ4n) is 1.05. The van der Waals surface area contributed by atoms with Gasteiger partial charge in [0.05, 0.1) is 18.4 Å². The monoisotopic (exact) mass is 178 g/mol. The van der Waals surface area contributed by atoms with Crippen LogP contribution in [0.25, 0.3) is 0 Å². The van der Waals surface area contributed by atoms with Gasteiger partial charge >= 0.3 is 0 Å². The summed E-state index contributed by atoms with van der Waals surface area (Å²) in [4.78, 5) is 7.18. The molecular weight excluding hydrogens is 168 g/mol. The fraction of sp³-hybridized carbons (Fsp3) is 0.250. The fourth-order valence-corrected chi connectivity index (χ4v) is 1.05. The molecular formula is C8H10N4O. The van der Waals surface area contributed by atoms with Crippen molar-refractivity contribution in [2.24, 2.45) is 0 Å². The highest BCUT2D eigenvalue weighted by Gasteiger charge is 1.97. The highest BCUT2D eigenvalue weighted by molar-refractivity contribution is 5.31. The van der Waals surface area contributed by atoms with Crippen LogP contribution in [0.5, 0.6) is 0 Å². The Hall–Kier alpha value is -1.78. The number of nitrogens with one attached hydrogen (secondary N) is 2. The topological polar surface area (TPSA) is 66.7 Å². The molecule has 0 radical (unpaired) electrons. The molecule has 13 heavy (non-hydrogen) atoms. The first-order chi connectivity index (χ1) is 6.34. The zero-order chi connectivity index (χ0) is 9.10. The van der Waals surface area contributed by atoms with Gasteiger partial charge in [-0.15, -0.1) is 0 Å². The predicted molar refractivity (Wildman–Crippen MR) is 47.2 cm³/mol. The van der Waals surface area contributed by atoms with Crippen molar-refractivity contribution >= 4 is 5.82 Å². The molecule has 0 aromatic carbocycles. The number of aromatic nitrogens is 3. The molecule has 0 aliphatic heterocycles. The molecule has 0 amide bonds. The summed E-state index contributed by atoms with van der Waals surface area (Å²) in [6.07, 6.45) is 3.32. The molecule has 0 aliphatic carbocycles. The quantitative estimate of drug-likeness (QED) is 0.743. The van der Waals surface area contributed by atoms with E-state index in [0.29, 0.717) is 6.54 Å². The van der Waals surface area contributed by atoms with Gasteiger partial charge in [-0.1, -0.05) is 5.16 Å². The molecule has 0 spiro atoms. The average molecular weight is 178 g/mol. The van der Waals surface area contributed by atoms with Crippen molar-refractivity contribution in [3.63, 3.8) is 0 Å². The number of hydrogen-bond donors (Lipinski definition) is 2. The highest BCUT2D eigenvalue weighted by Crippen LogP contribution is 2.03. The number of hydrogen-bond acceptors (Lipinski definition) is 4. The normalized spacial score (nSPS) is 10.2. The standard InChI is InChI=1S/C8H10N4O/c1-6-9-4-7(11-6)5-10-8-2-3-13-12-8/h2-4H,5H2,1H3,(H,9,11)(H,10,12). The summed E-state index contributed by atoms with van der Waals surface area (Å²) in [5.74, 6) is 1.64. The SMILES string of the molecule is Cc1ncc(CNc2ccon2)[nH]1. The number of imidazole rings is 1. The van der Waals surface area contributed by atoms with E-state index in [1.807, 2.05) is 6.92 Å². The van der Waals surface area contributed by atoms with Gasteiger partial charge in [-0.3, -0.25) is 0 Å². The molecule has 2 heterocycles. The van der Waals surface area contributed by atoms with Crippen molar-refractivity contribution in [3.8, 4) is 0 Å². The van der Waals surface area contributed by atoms with Crippen LogP contribution in [0.15, 0.2) is 23.0 Å². The van der Waals surface area contributed by atoms with Crippen LogP contribution < -0.4 is 5.32 Å². The van der Waals surface area contributed by atoms with Gasteiger partial charge in [-0.2, -0.15) is 0 Å². The molecule has 0 unspecified atom stereocenters. The summed E-state index contributed by atoms with van der Waals surface area (Å²) >= 11 is 0. The number of anilines is 1. The van der Waals surface area contributed by atoms with E-state index in [2.05, 4.69) is 25.0 Å². The minimum Gasteiger partial charge on any atom is -0.363 e. The van der Waals surface area contributed by atoms with Gasteiger partial charge in [0.2, 0.25) is 0 Å². The molecule has 2 rings (SSSR count). The summed E-state index contributed by atoms with van der Waals surface area (Å²) in [6.45, 7) is 2.59. The Balaban J connectivity index is 1.93. The third kappa shape index (κ3) is 1.87. The van der Waals surface area contributed by atoms with Crippen molar-refractivity contribution in [1.82, 2.24) is 15.1 Å². The van der Waals surface area contributed by atoms with Gasteiger partial charge in [0.15, 0.2) is 5.82 Å². The Bertz CT molecular complexity index is 365. The van der Waals surface area contributed by atoms with Crippen molar-refractivity contribution in [3.05, 3.63) is 30.0 Å². The maximum Gasteiger partial charge on any atom is 0.169 e. The van der Waals surface area contributed by atoms with Crippen LogP contribution in [0, 0.1) is 6.92 Å². The van der Waals surface area contributed by atoms with Crippen molar-refractivity contribution < 1.29 is 4.52 Å². The van der Waals surface area contributed by atoms with E-state index in [0.717, 1.165) is 17.3 Å². The van der Waals surface area contributed by atoms with Crippen LogP contribution in [0.3, 0.4) is 0 Å². The summed E-state index contributed by atoms with van der Waals surface area (Å²) in [5, 5.41) is 6.80. The summed E-state index contributed by atoms with van der Waals surface area (Å²) in [6, 6.07) is 1.77. The molecule has 0 atom stereocenters. The molecule has 0 saturated carbocycles. The van der Waals surface area contributed by atoms with Crippen molar-refractivity contribution in [2.45, 2.75) is 13.5 Å². The Morgan fingerprint density at radius 1 is 1.62 bits per heavy atom. The van der Waals surface area contributed by atoms with E-state index >= 15 is 0 Å². The Labute approximate surface area is 75.2 Å². The molecule has 5 heteroatoms. The molecule has 0 aliphatic rings. The summed E-state index contributed by atoms with van der Waals surface area (Å²) in [5.41, 5.74) is 1.03. The van der Waals surface area contributed by atoms with E-state index < -0.39 is 0 Å². The number of H-pyrrole nitrogens is 1. The Kier molecular flexibility index (Phi) is 1.99. The smallest absolute Gasteiger partial charge is 0.169 e. The average Bonchev–Trinajstić information content (AvgIpc) is 2.71. The second-order valence-electron chi connectivity index (χ2n) is 2.73. The maximum absolute atomic E-state index is 4.67. The van der Waals surface area contributed by atoms with E-state index in [-0.39, 0.29) is 0 Å². The van der Waals surface area contributed by atoms with Crippen LogP contribution >= 0.6 is 0 Å². The van der Waals surface area contributed by atoms with Gasteiger partial charge in [-0.05, 0) is 6.92 Å². The lowest BCUT2D eigenvalue weighted by Gasteiger charge is -1.97. The zero-order valence-corrected chi connectivity index (χ0v) is 7.24. The van der Waals surface area contributed by atoms with Gasteiger partial charge in [0.25, 0.3) is 0 Å². The lowest BCUT2D eigenvalue weighted by molar-refractivity contribution is 0.422. The van der Waals surface area contributed by atoms with Crippen LogP contribution in [0.2, 0.25) is 0 Å². The lowest BCUT2D eigenvalue weighted by atomic mass is 10.4. The third-order valence-electron chi connectivity index (χ3n) is 1.65. The molecule has 2 aromatic heterocycles. The van der Waals surface area contributed by atoms with Crippen LogP contribution in [-0.2, 0) is 6.54 Å². The highest BCUT2D eigenvalue weighted by atomic mass is 16.5. The molecule has 2 aromatic rings. The number of aromatic amines is 1. The minimum atomic E-state index is 0.674. The van der Waals surface area contributed by atoms with Crippen LogP contribution in [-0.4, -0.2) is 15.1 Å². The van der Waals surface area contributed by atoms with Crippen LogP contribution in [0.1, 0.15) is 11.5 Å². The van der Waals surface area contributed by atoms with E-state index in [4.69, 9.17) is 0 Å². The first-order valence-corrected chi connectivity index (χ1v) is 3.99. The first kappa shape index (κ1) is 7.85. The number of rotatable bonds is 3. The zero-order valence-electron chi connectivity index (χ0n) is 7.24. The molecule has 0 fully saturated rings. The van der Waals surface area contributed by atoms with E-state index in [1.54, 1.807) is 12.3 Å². The molecule has 0 saturated heterocycles. The van der Waals surface area contributed by atoms with Gasteiger partial charge in [-0.25, -0.2) is 4.98 Å². The van der Waals surface area contributed by atoms with Crippen molar-refractivity contribution in [2.75, 3.05) is 5.32 Å². The van der Waals surface area contributed by atoms with Gasteiger partial charge in [0.1, 0.15) is 12.1 Å². The molecule has 2 N–H and O–H groups in total. The Morgan fingerprint density at radius 3 is 3.15 bits per heavy atom. The largest absolute Gasteiger partial charge is 0.363 e. The second kappa shape index (κ2) is 3.30. The van der Waals surface area contributed by atoms with Gasteiger partial charge < -0.3 is 14.8 Å². The molecule has 0 bridgehead atoms. The lowest BCUT2D eigenvalue weighted by Crippen LogP contribution is -1.99. The maximum atomic E-state index is 4.67. The number of aryl methyl sites for hydroxylation is 1. The van der Waals surface area contributed by atoms with E-state index in [9.17, 15) is 0 Å². The molecule has 5 nitrogen and oxygen atoms in total. The second-order valence-corrected chi connectivity index (χ2v) is 2.73. The van der Waals surface area contributed by atoms with Gasteiger partial charge in [0, 0.05) is 6.07 Å². The summed E-state index contributed by atoms with van der Waals surface area (Å²) in [7, 11) is 0. The number of nitrogens with zero attached hydrogens (tertiary/aromatic N) is 2.